The number of hydrogen-bond acceptors (Lipinski definition) is 3. The molecule has 0 fully saturated rings. The molecule has 100 valence electrons. The SMILES string of the molecule is COCC(O)CN(C)C(=O)Nc1ccc(Cl)cc1. The summed E-state index contributed by atoms with van der Waals surface area (Å²) < 4.78 is 4.79. The van der Waals surface area contributed by atoms with Crippen molar-refractivity contribution in [3.63, 3.8) is 0 Å². The summed E-state index contributed by atoms with van der Waals surface area (Å²) in [6, 6.07) is 6.50. The predicted molar refractivity (Wildman–Crippen MR) is 71.0 cm³/mol. The number of likely N-dealkylation sites (N-methyl/N-ethyl adjacent to an activating group) is 1. The number of benzene rings is 1. The first-order valence-electron chi connectivity index (χ1n) is 5.47. The summed E-state index contributed by atoms with van der Waals surface area (Å²) in [5.74, 6) is 0. The second-order valence-electron chi connectivity index (χ2n) is 3.93. The van der Waals surface area contributed by atoms with Gasteiger partial charge in [-0.1, -0.05) is 11.6 Å². The van der Waals surface area contributed by atoms with Gasteiger partial charge in [-0.2, -0.15) is 0 Å². The quantitative estimate of drug-likeness (QED) is 0.859. The zero-order valence-electron chi connectivity index (χ0n) is 10.4. The largest absolute Gasteiger partial charge is 0.389 e. The number of hydrogen-bond donors (Lipinski definition) is 2. The number of methoxy groups -OCH3 is 1. The average Bonchev–Trinajstić information content (AvgIpc) is 2.32. The monoisotopic (exact) mass is 272 g/mol. The Hall–Kier alpha value is -1.30. The van der Waals surface area contributed by atoms with Crippen LogP contribution in [0.3, 0.4) is 0 Å². The molecule has 0 heterocycles. The normalized spacial score (nSPS) is 12.0. The molecule has 2 amide bonds. The van der Waals surface area contributed by atoms with Crippen LogP contribution in [0.1, 0.15) is 0 Å². The summed E-state index contributed by atoms with van der Waals surface area (Å²) in [6.07, 6.45) is -0.698. The third-order valence-corrected chi connectivity index (χ3v) is 2.54. The minimum atomic E-state index is -0.698. The van der Waals surface area contributed by atoms with Gasteiger partial charge in [0.05, 0.1) is 19.3 Å². The van der Waals surface area contributed by atoms with E-state index in [1.807, 2.05) is 0 Å². The number of amides is 2. The van der Waals surface area contributed by atoms with E-state index in [9.17, 15) is 9.90 Å². The highest BCUT2D eigenvalue weighted by atomic mass is 35.5. The van der Waals surface area contributed by atoms with Crippen molar-refractivity contribution >= 4 is 23.3 Å². The Morgan fingerprint density at radius 1 is 1.50 bits per heavy atom. The molecule has 0 spiro atoms. The second-order valence-corrected chi connectivity index (χ2v) is 4.36. The third kappa shape index (κ3) is 4.91. The highest BCUT2D eigenvalue weighted by Crippen LogP contribution is 2.13. The Morgan fingerprint density at radius 3 is 2.67 bits per heavy atom. The molecule has 1 atom stereocenters. The van der Waals surface area contributed by atoms with Gasteiger partial charge < -0.3 is 20.1 Å². The van der Waals surface area contributed by atoms with Crippen LogP contribution in [0.5, 0.6) is 0 Å². The summed E-state index contributed by atoms with van der Waals surface area (Å²) in [5, 5.41) is 12.8. The van der Waals surface area contributed by atoms with E-state index in [4.69, 9.17) is 16.3 Å². The standard InChI is InChI=1S/C12H17ClN2O3/c1-15(7-11(16)8-18-2)12(17)14-10-5-3-9(13)4-6-10/h3-6,11,16H,7-8H2,1-2H3,(H,14,17). The van der Waals surface area contributed by atoms with Crippen molar-refractivity contribution in [2.45, 2.75) is 6.10 Å². The number of aliphatic hydroxyl groups is 1. The van der Waals surface area contributed by atoms with Gasteiger partial charge in [-0.25, -0.2) is 4.79 Å². The summed E-state index contributed by atoms with van der Waals surface area (Å²) in [5.41, 5.74) is 0.650. The molecule has 0 saturated carbocycles. The number of carbonyl (C=O) groups is 1. The van der Waals surface area contributed by atoms with Gasteiger partial charge in [0.25, 0.3) is 0 Å². The minimum absolute atomic E-state index is 0.193. The zero-order valence-corrected chi connectivity index (χ0v) is 11.1. The van der Waals surface area contributed by atoms with Crippen molar-refractivity contribution < 1.29 is 14.6 Å². The van der Waals surface area contributed by atoms with Crippen molar-refractivity contribution in [3.8, 4) is 0 Å². The number of halogens is 1. The lowest BCUT2D eigenvalue weighted by atomic mass is 10.3. The number of ether oxygens (including phenoxy) is 1. The van der Waals surface area contributed by atoms with E-state index in [1.165, 1.54) is 12.0 Å². The van der Waals surface area contributed by atoms with E-state index in [0.717, 1.165) is 0 Å². The molecule has 1 rings (SSSR count). The topological polar surface area (TPSA) is 61.8 Å². The highest BCUT2D eigenvalue weighted by Gasteiger charge is 2.13. The summed E-state index contributed by atoms with van der Waals surface area (Å²) >= 11 is 5.74. The van der Waals surface area contributed by atoms with E-state index in [0.29, 0.717) is 10.7 Å². The number of carbonyl (C=O) groups excluding carboxylic acids is 1. The van der Waals surface area contributed by atoms with Gasteiger partial charge in [0, 0.05) is 24.9 Å². The van der Waals surface area contributed by atoms with Crippen molar-refractivity contribution in [2.75, 3.05) is 32.6 Å². The molecule has 6 heteroatoms. The van der Waals surface area contributed by atoms with Gasteiger partial charge >= 0.3 is 6.03 Å². The molecule has 0 aliphatic rings. The van der Waals surface area contributed by atoms with Gasteiger partial charge in [-0.3, -0.25) is 0 Å². The van der Waals surface area contributed by atoms with E-state index in [2.05, 4.69) is 5.32 Å². The first-order valence-corrected chi connectivity index (χ1v) is 5.85. The summed E-state index contributed by atoms with van der Waals surface area (Å²) in [6.45, 7) is 0.395. The lowest BCUT2D eigenvalue weighted by molar-refractivity contribution is 0.0501. The van der Waals surface area contributed by atoms with Crippen LogP contribution in [0.2, 0.25) is 5.02 Å². The van der Waals surface area contributed by atoms with Gasteiger partial charge in [0.1, 0.15) is 0 Å². The Kier molecular flexibility index (Phi) is 5.91. The van der Waals surface area contributed by atoms with E-state index >= 15 is 0 Å². The molecule has 1 aromatic rings. The maximum absolute atomic E-state index is 11.8. The van der Waals surface area contributed by atoms with Gasteiger partial charge in [-0.05, 0) is 24.3 Å². The average molecular weight is 273 g/mol. The van der Waals surface area contributed by atoms with Crippen LogP contribution in [-0.4, -0.2) is 49.5 Å². The molecule has 18 heavy (non-hydrogen) atoms. The van der Waals surface area contributed by atoms with Crippen LogP contribution in [0, 0.1) is 0 Å². The van der Waals surface area contributed by atoms with Gasteiger partial charge in [0.2, 0.25) is 0 Å². The molecular formula is C12H17ClN2O3. The van der Waals surface area contributed by atoms with Gasteiger partial charge in [-0.15, -0.1) is 0 Å². The predicted octanol–water partition coefficient (Wildman–Crippen LogP) is 1.81. The lowest BCUT2D eigenvalue weighted by Crippen LogP contribution is -2.38. The molecule has 0 bridgehead atoms. The summed E-state index contributed by atoms with van der Waals surface area (Å²) in [4.78, 5) is 13.2. The fraction of sp³-hybridized carbons (Fsp3) is 0.417. The van der Waals surface area contributed by atoms with Crippen LogP contribution in [0.4, 0.5) is 10.5 Å². The smallest absolute Gasteiger partial charge is 0.321 e. The second kappa shape index (κ2) is 7.20. The van der Waals surface area contributed by atoms with Gasteiger partial charge in [0.15, 0.2) is 0 Å². The maximum Gasteiger partial charge on any atom is 0.321 e. The van der Waals surface area contributed by atoms with E-state index in [1.54, 1.807) is 31.3 Å². The Balaban J connectivity index is 2.46. The number of anilines is 1. The molecule has 1 aromatic carbocycles. The first kappa shape index (κ1) is 14.8. The third-order valence-electron chi connectivity index (χ3n) is 2.29. The molecule has 0 radical (unpaired) electrons. The number of aliphatic hydroxyl groups excluding tert-OH is 1. The highest BCUT2D eigenvalue weighted by molar-refractivity contribution is 6.30. The maximum atomic E-state index is 11.8. The van der Waals surface area contributed by atoms with Crippen LogP contribution < -0.4 is 5.32 Å². The van der Waals surface area contributed by atoms with Crippen molar-refractivity contribution in [2.24, 2.45) is 0 Å². The fourth-order valence-electron chi connectivity index (χ4n) is 1.40. The van der Waals surface area contributed by atoms with Crippen molar-refractivity contribution in [3.05, 3.63) is 29.3 Å². The van der Waals surface area contributed by atoms with E-state index in [-0.39, 0.29) is 19.2 Å². The first-order chi connectivity index (χ1) is 8.52. The van der Waals surface area contributed by atoms with E-state index < -0.39 is 6.10 Å². The number of nitrogens with zero attached hydrogens (tertiary/aromatic N) is 1. The molecule has 1 unspecified atom stereocenters. The number of nitrogens with one attached hydrogen (secondary N) is 1. The molecule has 0 saturated heterocycles. The Morgan fingerprint density at radius 2 is 2.11 bits per heavy atom. The summed E-state index contributed by atoms with van der Waals surface area (Å²) in [7, 11) is 3.10. The molecule has 0 aliphatic heterocycles. The Labute approximate surface area is 111 Å². The van der Waals surface area contributed by atoms with Crippen LogP contribution in [-0.2, 0) is 4.74 Å². The minimum Gasteiger partial charge on any atom is -0.389 e. The number of urea groups is 1. The van der Waals surface area contributed by atoms with Crippen molar-refractivity contribution in [1.29, 1.82) is 0 Å². The van der Waals surface area contributed by atoms with Crippen LogP contribution in [0.25, 0.3) is 0 Å². The molecular weight excluding hydrogens is 256 g/mol. The van der Waals surface area contributed by atoms with Crippen LogP contribution >= 0.6 is 11.6 Å². The lowest BCUT2D eigenvalue weighted by Gasteiger charge is -2.20. The fourth-order valence-corrected chi connectivity index (χ4v) is 1.52. The molecule has 5 nitrogen and oxygen atoms in total. The number of rotatable bonds is 5. The zero-order chi connectivity index (χ0) is 13.5. The molecule has 2 N–H and O–H groups in total. The molecule has 0 aromatic heterocycles. The van der Waals surface area contributed by atoms with Crippen LogP contribution in [0.15, 0.2) is 24.3 Å². The molecule has 0 aliphatic carbocycles. The van der Waals surface area contributed by atoms with Crippen molar-refractivity contribution in [1.82, 2.24) is 4.90 Å². The Bertz CT molecular complexity index is 383.